The van der Waals surface area contributed by atoms with E-state index in [0.29, 0.717) is 7.18 Å². The van der Waals surface area contributed by atoms with Crippen LogP contribution in [0.5, 0.6) is 0 Å². The summed E-state index contributed by atoms with van der Waals surface area (Å²) in [6, 6.07) is 0. The van der Waals surface area contributed by atoms with Crippen molar-refractivity contribution in [2.75, 3.05) is 13.8 Å². The first kappa shape index (κ1) is 17.8. The quantitative estimate of drug-likeness (QED) is 0.700. The van der Waals surface area contributed by atoms with E-state index < -0.39 is 24.8 Å². The van der Waals surface area contributed by atoms with Crippen LogP contribution in [0.2, 0.25) is 0 Å². The minimum atomic E-state index is -6.33. The lowest BCUT2D eigenvalue weighted by molar-refractivity contribution is -0.423. The van der Waals surface area contributed by atoms with Crippen molar-refractivity contribution in [2.24, 2.45) is 0 Å². The fourth-order valence-electron chi connectivity index (χ4n) is 0.486. The molecule has 0 heterocycles. The molecule has 0 saturated heterocycles. The van der Waals surface area contributed by atoms with E-state index in [2.05, 4.69) is 4.74 Å². The largest absolute Gasteiger partial charge is 0.462 e. The standard InChI is InChI=1S/C6H7F7O.CH3F/c1-2-3-14-6(12,13)4(7,8)5(9,10)11;1-2/h2-3H2,1H3;1H3. The number of halogens is 8. The predicted octanol–water partition coefficient (Wildman–Crippen LogP) is 3.79. The van der Waals surface area contributed by atoms with Gasteiger partial charge in [-0.1, -0.05) is 6.92 Å². The molecule has 0 saturated carbocycles. The minimum Gasteiger partial charge on any atom is -0.315 e. The third-order valence-electron chi connectivity index (χ3n) is 1.21. The van der Waals surface area contributed by atoms with Gasteiger partial charge < -0.3 is 4.74 Å². The van der Waals surface area contributed by atoms with Gasteiger partial charge in [0, 0.05) is 0 Å². The van der Waals surface area contributed by atoms with E-state index in [9.17, 15) is 35.1 Å². The molecule has 1 nitrogen and oxygen atoms in total. The maximum absolute atomic E-state index is 12.2. The second-order valence-electron chi connectivity index (χ2n) is 2.44. The van der Waals surface area contributed by atoms with Crippen molar-refractivity contribution >= 4 is 0 Å². The van der Waals surface area contributed by atoms with Gasteiger partial charge in [-0.05, 0) is 6.42 Å². The van der Waals surface area contributed by atoms with Gasteiger partial charge in [-0.15, -0.1) is 0 Å². The Morgan fingerprint density at radius 2 is 1.25 bits per heavy atom. The highest BCUT2D eigenvalue weighted by atomic mass is 19.4. The first-order valence-electron chi connectivity index (χ1n) is 3.90. The summed E-state index contributed by atoms with van der Waals surface area (Å²) >= 11 is 0. The third kappa shape index (κ3) is 4.11. The van der Waals surface area contributed by atoms with Gasteiger partial charge in [0.15, 0.2) is 0 Å². The topological polar surface area (TPSA) is 9.23 Å². The van der Waals surface area contributed by atoms with E-state index in [1.54, 1.807) is 0 Å². The molecule has 0 aliphatic carbocycles. The molecule has 0 aliphatic heterocycles. The van der Waals surface area contributed by atoms with Crippen molar-refractivity contribution in [3.63, 3.8) is 0 Å². The molecule has 16 heavy (non-hydrogen) atoms. The molecular formula is C7H10F8O. The van der Waals surface area contributed by atoms with Gasteiger partial charge in [-0.25, -0.2) is 0 Å². The van der Waals surface area contributed by atoms with Crippen LogP contribution in [0.1, 0.15) is 13.3 Å². The Labute approximate surface area is 86.4 Å². The van der Waals surface area contributed by atoms with Crippen LogP contribution in [0.25, 0.3) is 0 Å². The van der Waals surface area contributed by atoms with E-state index in [-0.39, 0.29) is 6.42 Å². The molecule has 0 aromatic rings. The summed E-state index contributed by atoms with van der Waals surface area (Å²) in [6.45, 7) is 0.417. The maximum atomic E-state index is 12.2. The maximum Gasteiger partial charge on any atom is 0.462 e. The zero-order chi connectivity index (χ0) is 13.6. The molecule has 0 aromatic heterocycles. The highest BCUT2D eigenvalue weighted by Gasteiger charge is 2.74. The first-order valence-corrected chi connectivity index (χ1v) is 3.90. The molecule has 100 valence electrons. The number of ether oxygens (including phenoxy) is 1. The van der Waals surface area contributed by atoms with Gasteiger partial charge in [-0.3, -0.25) is 4.39 Å². The second-order valence-corrected chi connectivity index (χ2v) is 2.44. The lowest BCUT2D eigenvalue weighted by Gasteiger charge is -2.27. The Morgan fingerprint density at radius 1 is 0.875 bits per heavy atom. The number of rotatable bonds is 4. The van der Waals surface area contributed by atoms with Crippen LogP contribution >= 0.6 is 0 Å². The predicted molar refractivity (Wildman–Crippen MR) is 39.2 cm³/mol. The van der Waals surface area contributed by atoms with Crippen LogP contribution in [0.4, 0.5) is 35.1 Å². The lowest BCUT2D eigenvalue weighted by Crippen LogP contribution is -2.53. The molecule has 0 spiro atoms. The summed E-state index contributed by atoms with van der Waals surface area (Å²) in [7, 11) is 0.500. The molecule has 0 N–H and O–H groups in total. The molecule has 0 atom stereocenters. The molecular weight excluding hydrogens is 252 g/mol. The third-order valence-corrected chi connectivity index (χ3v) is 1.21. The van der Waals surface area contributed by atoms with Gasteiger partial charge in [0.2, 0.25) is 0 Å². The molecule has 0 aliphatic rings. The van der Waals surface area contributed by atoms with Crippen molar-refractivity contribution in [1.82, 2.24) is 0 Å². The van der Waals surface area contributed by atoms with Crippen molar-refractivity contribution in [1.29, 1.82) is 0 Å². The summed E-state index contributed by atoms with van der Waals surface area (Å²) in [5, 5.41) is 0. The molecule has 0 aromatic carbocycles. The van der Waals surface area contributed by atoms with E-state index in [1.165, 1.54) is 6.92 Å². The molecule has 0 amide bonds. The normalized spacial score (nSPS) is 13.1. The van der Waals surface area contributed by atoms with Crippen molar-refractivity contribution in [2.45, 2.75) is 31.6 Å². The highest BCUT2D eigenvalue weighted by molar-refractivity contribution is 4.84. The molecule has 9 heteroatoms. The minimum absolute atomic E-state index is 0.0937. The summed E-state index contributed by atoms with van der Waals surface area (Å²) < 4.78 is 95.5. The van der Waals surface area contributed by atoms with Gasteiger partial charge in [-0.2, -0.15) is 30.7 Å². The van der Waals surface area contributed by atoms with Crippen LogP contribution < -0.4 is 0 Å². The molecule has 0 rings (SSSR count). The zero-order valence-electron chi connectivity index (χ0n) is 8.35. The van der Waals surface area contributed by atoms with Gasteiger partial charge in [0.1, 0.15) is 0 Å². The van der Waals surface area contributed by atoms with Crippen molar-refractivity contribution in [3.05, 3.63) is 0 Å². The fraction of sp³-hybridized carbons (Fsp3) is 1.00. The summed E-state index contributed by atoms with van der Waals surface area (Å²) in [6.07, 6.45) is -11.9. The Bertz CT molecular complexity index is 187. The monoisotopic (exact) mass is 262 g/mol. The highest BCUT2D eigenvalue weighted by Crippen LogP contribution is 2.46. The van der Waals surface area contributed by atoms with E-state index in [1.807, 2.05) is 0 Å². The van der Waals surface area contributed by atoms with E-state index >= 15 is 0 Å². The Kier molecular flexibility index (Phi) is 6.91. The molecule has 0 unspecified atom stereocenters. The van der Waals surface area contributed by atoms with Crippen LogP contribution in [0, 0.1) is 0 Å². The molecule has 0 radical (unpaired) electrons. The Hall–Kier alpha value is -0.600. The number of alkyl halides is 8. The second kappa shape index (κ2) is 6.21. The van der Waals surface area contributed by atoms with Crippen LogP contribution in [-0.2, 0) is 4.74 Å². The summed E-state index contributed by atoms with van der Waals surface area (Å²) in [5.41, 5.74) is 0. The number of hydrogen-bond donors (Lipinski definition) is 0. The zero-order valence-corrected chi connectivity index (χ0v) is 8.35. The van der Waals surface area contributed by atoms with Gasteiger partial charge >= 0.3 is 18.2 Å². The lowest BCUT2D eigenvalue weighted by atomic mass is 10.3. The fourth-order valence-corrected chi connectivity index (χ4v) is 0.486. The molecule has 0 fully saturated rings. The van der Waals surface area contributed by atoms with Crippen molar-refractivity contribution < 1.29 is 39.9 Å². The van der Waals surface area contributed by atoms with E-state index in [0.717, 1.165) is 0 Å². The smallest absolute Gasteiger partial charge is 0.315 e. The first-order chi connectivity index (χ1) is 7.06. The average Bonchev–Trinajstić information content (AvgIpc) is 2.16. The van der Waals surface area contributed by atoms with Crippen molar-refractivity contribution in [3.8, 4) is 0 Å². The number of hydrogen-bond acceptors (Lipinski definition) is 1. The SMILES string of the molecule is CCCOC(F)(F)C(F)(F)C(F)(F)F.CF. The summed E-state index contributed by atoms with van der Waals surface area (Å²) in [5.74, 6) is -6.17. The van der Waals surface area contributed by atoms with Gasteiger partial charge in [0.05, 0.1) is 13.8 Å². The van der Waals surface area contributed by atoms with Crippen LogP contribution in [0.3, 0.4) is 0 Å². The van der Waals surface area contributed by atoms with Gasteiger partial charge in [0.25, 0.3) is 0 Å². The molecule has 0 bridgehead atoms. The Balaban J connectivity index is 0. The Morgan fingerprint density at radius 3 is 1.50 bits per heavy atom. The average molecular weight is 262 g/mol. The van der Waals surface area contributed by atoms with Crippen LogP contribution in [0.15, 0.2) is 0 Å². The summed E-state index contributed by atoms with van der Waals surface area (Å²) in [4.78, 5) is 0. The van der Waals surface area contributed by atoms with Crippen LogP contribution in [-0.4, -0.2) is 32.0 Å². The van der Waals surface area contributed by atoms with E-state index in [4.69, 9.17) is 0 Å².